The third-order valence-corrected chi connectivity index (χ3v) is 5.66. The molecule has 3 aromatic rings. The Morgan fingerprint density at radius 1 is 1.17 bits per heavy atom. The van der Waals surface area contributed by atoms with Gasteiger partial charge >= 0.3 is 0 Å². The summed E-state index contributed by atoms with van der Waals surface area (Å²) in [5.74, 6) is 0.370. The Balaban J connectivity index is 1.54. The number of anilines is 1. The van der Waals surface area contributed by atoms with Crippen molar-refractivity contribution in [2.24, 2.45) is 11.7 Å². The molecule has 0 spiro atoms. The van der Waals surface area contributed by atoms with Gasteiger partial charge in [-0.2, -0.15) is 0 Å². The van der Waals surface area contributed by atoms with Gasteiger partial charge in [-0.25, -0.2) is 4.98 Å². The van der Waals surface area contributed by atoms with Gasteiger partial charge in [-0.15, -0.1) is 0 Å². The first kappa shape index (κ1) is 19.4. The number of carbonyl (C=O) groups is 1. The molecule has 5 nitrogen and oxygen atoms in total. The van der Waals surface area contributed by atoms with E-state index in [-0.39, 0.29) is 0 Å². The standard InChI is InChI=1S/C24H28N4O/c25-24(29)19-9-3-8-18(14-19)22-15-23(20-10-1-2-11-21(20)28-22)27-13-5-7-17-6-4-12-26-16-17/h1-3,8-11,14-15,17,26H,4-7,12-13,16H2,(H2,25,29)(H,27,28). The molecular formula is C24H28N4O. The zero-order chi connectivity index (χ0) is 20.1. The van der Waals surface area contributed by atoms with Gasteiger partial charge in [0.2, 0.25) is 5.91 Å². The molecule has 0 aliphatic carbocycles. The van der Waals surface area contributed by atoms with Crippen molar-refractivity contribution in [2.45, 2.75) is 25.7 Å². The molecule has 29 heavy (non-hydrogen) atoms. The lowest BCUT2D eigenvalue weighted by atomic mass is 9.95. The van der Waals surface area contributed by atoms with E-state index in [1.54, 1.807) is 12.1 Å². The number of nitrogens with zero attached hydrogens (tertiary/aromatic N) is 1. The number of pyridine rings is 1. The molecule has 1 aromatic heterocycles. The van der Waals surface area contributed by atoms with Gasteiger partial charge < -0.3 is 16.4 Å². The molecule has 0 radical (unpaired) electrons. The van der Waals surface area contributed by atoms with E-state index in [1.165, 1.54) is 19.3 Å². The Kier molecular flexibility index (Phi) is 6.06. The number of para-hydroxylation sites is 1. The van der Waals surface area contributed by atoms with Crippen LogP contribution < -0.4 is 16.4 Å². The molecule has 2 heterocycles. The first-order valence-corrected chi connectivity index (χ1v) is 10.5. The van der Waals surface area contributed by atoms with Gasteiger partial charge in [0.25, 0.3) is 0 Å². The van der Waals surface area contributed by atoms with Crippen LogP contribution in [0.2, 0.25) is 0 Å². The van der Waals surface area contributed by atoms with E-state index in [0.717, 1.165) is 59.8 Å². The fraction of sp³-hybridized carbons (Fsp3) is 0.333. The molecule has 150 valence electrons. The number of hydrogen-bond donors (Lipinski definition) is 3. The highest BCUT2D eigenvalue weighted by molar-refractivity contribution is 5.96. The summed E-state index contributed by atoms with van der Waals surface area (Å²) in [5, 5.41) is 8.23. The molecule has 1 fully saturated rings. The van der Waals surface area contributed by atoms with Crippen molar-refractivity contribution in [3.05, 3.63) is 60.2 Å². The summed E-state index contributed by atoms with van der Waals surface area (Å²) in [6.45, 7) is 3.25. The summed E-state index contributed by atoms with van der Waals surface area (Å²) in [6, 6.07) is 17.6. The fourth-order valence-corrected chi connectivity index (χ4v) is 4.09. The van der Waals surface area contributed by atoms with Gasteiger partial charge in [0.05, 0.1) is 11.2 Å². The molecule has 1 aliphatic heterocycles. The number of nitrogens with two attached hydrogens (primary N) is 1. The second-order valence-corrected chi connectivity index (χ2v) is 7.80. The lowest BCUT2D eigenvalue weighted by Crippen LogP contribution is -2.29. The quantitative estimate of drug-likeness (QED) is 0.530. The topological polar surface area (TPSA) is 80.0 Å². The number of hydrogen-bond acceptors (Lipinski definition) is 4. The number of carbonyl (C=O) groups excluding carboxylic acids is 1. The van der Waals surface area contributed by atoms with E-state index in [1.807, 2.05) is 30.3 Å². The molecule has 1 saturated heterocycles. The summed E-state index contributed by atoms with van der Waals surface area (Å²) in [5.41, 5.74) is 9.69. The zero-order valence-corrected chi connectivity index (χ0v) is 16.7. The third kappa shape index (κ3) is 4.74. The minimum absolute atomic E-state index is 0.428. The van der Waals surface area contributed by atoms with E-state index in [9.17, 15) is 4.79 Å². The van der Waals surface area contributed by atoms with E-state index < -0.39 is 5.91 Å². The lowest BCUT2D eigenvalue weighted by molar-refractivity contribution is 0.100. The minimum atomic E-state index is -0.428. The fourth-order valence-electron chi connectivity index (χ4n) is 4.09. The maximum atomic E-state index is 11.6. The maximum Gasteiger partial charge on any atom is 0.248 e. The van der Waals surface area contributed by atoms with Crippen molar-refractivity contribution in [3.8, 4) is 11.3 Å². The highest BCUT2D eigenvalue weighted by Crippen LogP contribution is 2.29. The van der Waals surface area contributed by atoms with Gasteiger partial charge in [0, 0.05) is 28.7 Å². The van der Waals surface area contributed by atoms with Crippen LogP contribution in [0.1, 0.15) is 36.0 Å². The molecule has 1 atom stereocenters. The Morgan fingerprint density at radius 3 is 2.90 bits per heavy atom. The van der Waals surface area contributed by atoms with Gasteiger partial charge in [0.1, 0.15) is 0 Å². The molecule has 1 aliphatic rings. The zero-order valence-electron chi connectivity index (χ0n) is 16.7. The molecule has 4 rings (SSSR count). The van der Waals surface area contributed by atoms with Crippen molar-refractivity contribution in [2.75, 3.05) is 25.0 Å². The number of piperidine rings is 1. The third-order valence-electron chi connectivity index (χ3n) is 5.66. The Hall–Kier alpha value is -2.92. The van der Waals surface area contributed by atoms with Gasteiger partial charge in [0.15, 0.2) is 0 Å². The number of nitrogens with one attached hydrogen (secondary N) is 2. The van der Waals surface area contributed by atoms with Crippen LogP contribution in [0.25, 0.3) is 22.2 Å². The Labute approximate surface area is 171 Å². The van der Waals surface area contributed by atoms with Crippen molar-refractivity contribution in [1.29, 1.82) is 0 Å². The number of rotatable bonds is 7. The first-order valence-electron chi connectivity index (χ1n) is 10.5. The van der Waals surface area contributed by atoms with Crippen LogP contribution in [0.15, 0.2) is 54.6 Å². The normalized spacial score (nSPS) is 16.6. The van der Waals surface area contributed by atoms with Gasteiger partial charge in [-0.1, -0.05) is 30.3 Å². The Morgan fingerprint density at radius 2 is 2.07 bits per heavy atom. The second-order valence-electron chi connectivity index (χ2n) is 7.80. The summed E-state index contributed by atoms with van der Waals surface area (Å²) < 4.78 is 0. The average Bonchev–Trinajstić information content (AvgIpc) is 2.77. The minimum Gasteiger partial charge on any atom is -0.384 e. The molecule has 2 aromatic carbocycles. The van der Waals surface area contributed by atoms with Crippen LogP contribution in [0.4, 0.5) is 5.69 Å². The summed E-state index contributed by atoms with van der Waals surface area (Å²) in [7, 11) is 0. The molecule has 4 N–H and O–H groups in total. The monoisotopic (exact) mass is 388 g/mol. The van der Waals surface area contributed by atoms with E-state index in [0.29, 0.717) is 5.56 Å². The molecular weight excluding hydrogens is 360 g/mol. The molecule has 1 amide bonds. The number of fused-ring (bicyclic) bond motifs is 1. The largest absolute Gasteiger partial charge is 0.384 e. The van der Waals surface area contributed by atoms with Crippen molar-refractivity contribution in [3.63, 3.8) is 0 Å². The molecule has 0 bridgehead atoms. The lowest BCUT2D eigenvalue weighted by Gasteiger charge is -2.22. The van der Waals surface area contributed by atoms with Crippen LogP contribution in [0.5, 0.6) is 0 Å². The SMILES string of the molecule is NC(=O)c1cccc(-c2cc(NCCCC3CCCNC3)c3ccccc3n2)c1. The van der Waals surface area contributed by atoms with Crippen LogP contribution in [0, 0.1) is 5.92 Å². The number of amides is 1. The van der Waals surface area contributed by atoms with Crippen LogP contribution in [-0.4, -0.2) is 30.5 Å². The highest BCUT2D eigenvalue weighted by Gasteiger charge is 2.13. The van der Waals surface area contributed by atoms with E-state index in [4.69, 9.17) is 10.7 Å². The van der Waals surface area contributed by atoms with Crippen molar-refractivity contribution >= 4 is 22.5 Å². The van der Waals surface area contributed by atoms with Crippen LogP contribution in [0.3, 0.4) is 0 Å². The van der Waals surface area contributed by atoms with Gasteiger partial charge in [-0.05, 0) is 69.0 Å². The maximum absolute atomic E-state index is 11.6. The van der Waals surface area contributed by atoms with Crippen LogP contribution in [-0.2, 0) is 0 Å². The summed E-state index contributed by atoms with van der Waals surface area (Å²) in [4.78, 5) is 16.4. The molecule has 5 heteroatoms. The smallest absolute Gasteiger partial charge is 0.248 e. The van der Waals surface area contributed by atoms with E-state index >= 15 is 0 Å². The van der Waals surface area contributed by atoms with E-state index in [2.05, 4.69) is 22.8 Å². The molecule has 1 unspecified atom stereocenters. The molecule has 0 saturated carbocycles. The number of aromatic nitrogens is 1. The number of primary amides is 1. The highest BCUT2D eigenvalue weighted by atomic mass is 16.1. The van der Waals surface area contributed by atoms with Crippen molar-refractivity contribution in [1.82, 2.24) is 10.3 Å². The number of benzene rings is 2. The predicted octanol–water partition coefficient (Wildman–Crippen LogP) is 4.19. The summed E-state index contributed by atoms with van der Waals surface area (Å²) in [6.07, 6.45) is 5.03. The van der Waals surface area contributed by atoms with Gasteiger partial charge in [-0.3, -0.25) is 4.79 Å². The summed E-state index contributed by atoms with van der Waals surface area (Å²) >= 11 is 0. The average molecular weight is 389 g/mol. The first-order chi connectivity index (χ1) is 14.2. The van der Waals surface area contributed by atoms with Crippen molar-refractivity contribution < 1.29 is 4.79 Å². The van der Waals surface area contributed by atoms with Crippen LogP contribution >= 0.6 is 0 Å². The predicted molar refractivity (Wildman–Crippen MR) is 119 cm³/mol. The Bertz CT molecular complexity index is 995. The second kappa shape index (κ2) is 9.05.